The second-order valence-corrected chi connectivity index (χ2v) is 6.62. The van der Waals surface area contributed by atoms with Gasteiger partial charge in [-0.1, -0.05) is 30.3 Å². The highest BCUT2D eigenvalue weighted by Crippen LogP contribution is 2.24. The lowest BCUT2D eigenvalue weighted by molar-refractivity contribution is 0.102. The van der Waals surface area contributed by atoms with Crippen LogP contribution in [0.3, 0.4) is 0 Å². The first-order valence-electron chi connectivity index (χ1n) is 9.00. The van der Waals surface area contributed by atoms with Gasteiger partial charge in [0.05, 0.1) is 17.6 Å². The first-order valence-corrected chi connectivity index (χ1v) is 9.00. The van der Waals surface area contributed by atoms with Crippen LogP contribution in [0.1, 0.15) is 34.5 Å². The Morgan fingerprint density at radius 1 is 1.12 bits per heavy atom. The Morgan fingerprint density at radius 3 is 2.77 bits per heavy atom. The number of nitrogens with two attached hydrogens (primary N) is 1. The number of amides is 1. The summed E-state index contributed by atoms with van der Waals surface area (Å²) >= 11 is 0. The van der Waals surface area contributed by atoms with Crippen LogP contribution in [0.15, 0.2) is 54.7 Å². The molecular weight excluding hydrogens is 324 g/mol. The molecule has 0 unspecified atom stereocenters. The van der Waals surface area contributed by atoms with Crippen molar-refractivity contribution in [3.05, 3.63) is 71.5 Å². The maximum Gasteiger partial charge on any atom is 0.255 e. The van der Waals surface area contributed by atoms with Gasteiger partial charge in [-0.2, -0.15) is 5.10 Å². The number of aromatic nitrogens is 2. The normalized spacial score (nSPS) is 13.3. The molecule has 0 aliphatic carbocycles. The summed E-state index contributed by atoms with van der Waals surface area (Å²) in [7, 11) is 0. The van der Waals surface area contributed by atoms with Gasteiger partial charge in [0.1, 0.15) is 0 Å². The van der Waals surface area contributed by atoms with E-state index in [2.05, 4.69) is 16.5 Å². The van der Waals surface area contributed by atoms with Gasteiger partial charge in [-0.05, 0) is 54.2 Å². The smallest absolute Gasteiger partial charge is 0.255 e. The molecule has 0 spiro atoms. The molecule has 2 heterocycles. The molecule has 1 aromatic heterocycles. The Balaban J connectivity index is 1.51. The number of carbonyl (C=O) groups excluding carboxylic acids is 1. The van der Waals surface area contributed by atoms with E-state index in [1.807, 2.05) is 47.1 Å². The van der Waals surface area contributed by atoms with Gasteiger partial charge in [-0.25, -0.2) is 0 Å². The van der Waals surface area contributed by atoms with Crippen molar-refractivity contribution in [2.75, 3.05) is 5.32 Å². The summed E-state index contributed by atoms with van der Waals surface area (Å²) in [6, 6.07) is 15.8. The van der Waals surface area contributed by atoms with Crippen LogP contribution in [0.2, 0.25) is 0 Å². The number of rotatable bonds is 4. The summed E-state index contributed by atoms with van der Waals surface area (Å²) in [5.74, 6) is -0.103. The minimum Gasteiger partial charge on any atom is -0.326 e. The second kappa shape index (κ2) is 7.14. The van der Waals surface area contributed by atoms with Crippen LogP contribution < -0.4 is 11.1 Å². The van der Waals surface area contributed by atoms with Gasteiger partial charge in [0, 0.05) is 18.7 Å². The molecule has 3 N–H and O–H groups in total. The Bertz CT molecular complexity index is 927. The predicted molar refractivity (Wildman–Crippen MR) is 103 cm³/mol. The topological polar surface area (TPSA) is 72.9 Å². The number of hydrogen-bond donors (Lipinski definition) is 2. The number of hydrogen-bond acceptors (Lipinski definition) is 3. The molecule has 0 bridgehead atoms. The molecule has 0 fully saturated rings. The minimum absolute atomic E-state index is 0.103. The number of nitrogens with zero attached hydrogens (tertiary/aromatic N) is 2. The zero-order valence-electron chi connectivity index (χ0n) is 14.6. The highest BCUT2D eigenvalue weighted by Gasteiger charge is 2.17. The highest BCUT2D eigenvalue weighted by molar-refractivity contribution is 6.04. The van der Waals surface area contributed by atoms with Crippen LogP contribution in [-0.4, -0.2) is 15.7 Å². The Hall–Kier alpha value is -2.92. The van der Waals surface area contributed by atoms with E-state index in [-0.39, 0.29) is 5.91 Å². The zero-order valence-corrected chi connectivity index (χ0v) is 14.6. The molecule has 1 aliphatic heterocycles. The third-order valence-corrected chi connectivity index (χ3v) is 4.87. The number of carbonyl (C=O) groups is 1. The first-order chi connectivity index (χ1) is 12.7. The first kappa shape index (κ1) is 16.5. The van der Waals surface area contributed by atoms with Gasteiger partial charge in [0.25, 0.3) is 5.91 Å². The van der Waals surface area contributed by atoms with Crippen molar-refractivity contribution < 1.29 is 4.79 Å². The summed E-state index contributed by atoms with van der Waals surface area (Å²) in [6.07, 6.45) is 5.01. The predicted octanol–water partition coefficient (Wildman–Crippen LogP) is 3.60. The van der Waals surface area contributed by atoms with Crippen LogP contribution in [-0.2, 0) is 19.5 Å². The number of aryl methyl sites for hydroxylation is 1. The third kappa shape index (κ3) is 3.26. The number of fused-ring (bicyclic) bond motifs is 1. The maximum atomic E-state index is 12.6. The Morgan fingerprint density at radius 2 is 1.96 bits per heavy atom. The molecule has 3 aromatic rings. The molecule has 5 nitrogen and oxygen atoms in total. The monoisotopic (exact) mass is 346 g/mol. The summed E-state index contributed by atoms with van der Waals surface area (Å²) in [5, 5.41) is 7.37. The summed E-state index contributed by atoms with van der Waals surface area (Å²) in [6.45, 7) is 1.45. The lowest BCUT2D eigenvalue weighted by Crippen LogP contribution is -2.16. The van der Waals surface area contributed by atoms with Crippen LogP contribution in [0.4, 0.5) is 5.69 Å². The van der Waals surface area contributed by atoms with E-state index in [9.17, 15) is 4.79 Å². The zero-order chi connectivity index (χ0) is 17.9. The lowest BCUT2D eigenvalue weighted by atomic mass is 10.0. The Labute approximate surface area is 152 Å². The largest absolute Gasteiger partial charge is 0.326 e. The number of anilines is 1. The maximum absolute atomic E-state index is 12.6. The second-order valence-electron chi connectivity index (χ2n) is 6.62. The third-order valence-electron chi connectivity index (χ3n) is 4.87. The molecular formula is C21H22N4O. The van der Waals surface area contributed by atoms with Crippen molar-refractivity contribution in [2.45, 2.75) is 32.4 Å². The van der Waals surface area contributed by atoms with Gasteiger partial charge in [0.15, 0.2) is 0 Å². The number of nitrogens with one attached hydrogen (secondary N) is 1. The fraction of sp³-hybridized carbons (Fsp3) is 0.238. The van der Waals surface area contributed by atoms with E-state index in [1.54, 1.807) is 6.20 Å². The quantitative estimate of drug-likeness (QED) is 0.758. The van der Waals surface area contributed by atoms with Gasteiger partial charge in [0.2, 0.25) is 0 Å². The van der Waals surface area contributed by atoms with Gasteiger partial charge >= 0.3 is 0 Å². The standard InChI is InChI=1S/C21H22N4O/c22-13-15-4-3-5-18(12-15)16-7-9-17(10-8-16)21(26)24-19-14-23-25-11-2-1-6-20(19)25/h3-5,7-10,12,14H,1-2,6,11,13,22H2,(H,24,26). The molecule has 0 saturated heterocycles. The molecule has 2 aromatic carbocycles. The van der Waals surface area contributed by atoms with E-state index in [1.165, 1.54) is 0 Å². The molecule has 1 aliphatic rings. The number of benzene rings is 2. The minimum atomic E-state index is -0.103. The van der Waals surface area contributed by atoms with Crippen LogP contribution >= 0.6 is 0 Å². The molecule has 0 atom stereocenters. The summed E-state index contributed by atoms with van der Waals surface area (Å²) < 4.78 is 1.99. The van der Waals surface area contributed by atoms with Gasteiger partial charge in [-0.15, -0.1) is 0 Å². The molecule has 1 amide bonds. The van der Waals surface area contributed by atoms with Crippen molar-refractivity contribution in [3.63, 3.8) is 0 Å². The molecule has 0 radical (unpaired) electrons. The van der Waals surface area contributed by atoms with E-state index < -0.39 is 0 Å². The molecule has 0 saturated carbocycles. The average Bonchev–Trinajstić information content (AvgIpc) is 3.11. The van der Waals surface area contributed by atoms with E-state index in [0.29, 0.717) is 12.1 Å². The van der Waals surface area contributed by atoms with Crippen molar-refractivity contribution >= 4 is 11.6 Å². The Kier molecular flexibility index (Phi) is 4.54. The van der Waals surface area contributed by atoms with Crippen molar-refractivity contribution in [3.8, 4) is 11.1 Å². The molecule has 26 heavy (non-hydrogen) atoms. The fourth-order valence-corrected chi connectivity index (χ4v) is 3.41. The van der Waals surface area contributed by atoms with Crippen molar-refractivity contribution in [2.24, 2.45) is 5.73 Å². The summed E-state index contributed by atoms with van der Waals surface area (Å²) in [5.41, 5.74) is 11.6. The molecule has 4 rings (SSSR count). The van der Waals surface area contributed by atoms with Gasteiger partial charge < -0.3 is 11.1 Å². The lowest BCUT2D eigenvalue weighted by Gasteiger charge is -2.15. The molecule has 5 heteroatoms. The van der Waals surface area contributed by atoms with E-state index in [0.717, 1.165) is 53.9 Å². The van der Waals surface area contributed by atoms with Crippen LogP contribution in [0.5, 0.6) is 0 Å². The van der Waals surface area contributed by atoms with E-state index in [4.69, 9.17) is 5.73 Å². The highest BCUT2D eigenvalue weighted by atomic mass is 16.1. The summed E-state index contributed by atoms with van der Waals surface area (Å²) in [4.78, 5) is 12.6. The van der Waals surface area contributed by atoms with Crippen molar-refractivity contribution in [1.29, 1.82) is 0 Å². The fourth-order valence-electron chi connectivity index (χ4n) is 3.41. The van der Waals surface area contributed by atoms with E-state index >= 15 is 0 Å². The van der Waals surface area contributed by atoms with Crippen molar-refractivity contribution in [1.82, 2.24) is 9.78 Å². The van der Waals surface area contributed by atoms with Crippen LogP contribution in [0.25, 0.3) is 11.1 Å². The SMILES string of the molecule is NCc1cccc(-c2ccc(C(=O)Nc3cnn4c3CCCC4)cc2)c1. The van der Waals surface area contributed by atoms with Gasteiger partial charge in [-0.3, -0.25) is 9.48 Å². The van der Waals surface area contributed by atoms with Crippen LogP contribution in [0, 0.1) is 0 Å². The average molecular weight is 346 g/mol. The molecule has 132 valence electrons.